The van der Waals surface area contributed by atoms with Crippen LogP contribution >= 0.6 is 11.6 Å². The van der Waals surface area contributed by atoms with E-state index in [1.54, 1.807) is 6.07 Å². The van der Waals surface area contributed by atoms with Crippen LogP contribution in [0.4, 0.5) is 5.69 Å². The highest BCUT2D eigenvalue weighted by Crippen LogP contribution is 2.37. The Hall–Kier alpha value is -4.04. The number of carbonyl (C=O) groups is 1. The van der Waals surface area contributed by atoms with Gasteiger partial charge in [-0.2, -0.15) is 0 Å². The van der Waals surface area contributed by atoms with Crippen LogP contribution in [-0.4, -0.2) is 35.6 Å². The lowest BCUT2D eigenvalue weighted by atomic mass is 9.90. The first-order chi connectivity index (χ1) is 16.5. The first kappa shape index (κ1) is 21.8. The molecule has 1 unspecified atom stereocenters. The van der Waals surface area contributed by atoms with Crippen molar-refractivity contribution in [1.82, 2.24) is 10.3 Å². The third-order valence-corrected chi connectivity index (χ3v) is 6.19. The average Bonchev–Trinajstić information content (AvgIpc) is 3.28. The predicted octanol–water partition coefficient (Wildman–Crippen LogP) is 5.06. The van der Waals surface area contributed by atoms with E-state index in [1.165, 1.54) is 12.1 Å². The summed E-state index contributed by atoms with van der Waals surface area (Å²) in [6.45, 7) is 0.775. The summed E-state index contributed by atoms with van der Waals surface area (Å²) in [5.41, 5.74) is 2.32. The second-order valence-electron chi connectivity index (χ2n) is 7.84. The van der Waals surface area contributed by atoms with E-state index in [0.29, 0.717) is 24.0 Å². The number of ether oxygens (including phenoxy) is 2. The number of nitrogens with one attached hydrogen (secondary N) is 2. The van der Waals surface area contributed by atoms with Crippen LogP contribution in [0.2, 0.25) is 5.02 Å². The molecule has 0 spiro atoms. The molecule has 1 amide bonds. The lowest BCUT2D eigenvalue weighted by Crippen LogP contribution is -2.30. The molecule has 0 saturated heterocycles. The van der Waals surface area contributed by atoms with E-state index in [2.05, 4.69) is 10.3 Å². The van der Waals surface area contributed by atoms with Crippen LogP contribution in [0.3, 0.4) is 0 Å². The summed E-state index contributed by atoms with van der Waals surface area (Å²) >= 11 is 6.52. The van der Waals surface area contributed by atoms with Crippen molar-refractivity contribution in [2.75, 3.05) is 19.8 Å². The number of hydrogen-bond acceptors (Lipinski definition) is 5. The SMILES string of the molecule is O=C(NCC(c1ccccc1Cl)c1c[nH]c2ccccc12)c1cc2c(cc1[N+](=O)[O-])OCCO2. The molecule has 34 heavy (non-hydrogen) atoms. The number of nitrogens with zero attached hydrogens (tertiary/aromatic N) is 1. The number of para-hydroxylation sites is 1. The van der Waals surface area contributed by atoms with E-state index in [4.69, 9.17) is 21.1 Å². The van der Waals surface area contributed by atoms with Crippen LogP contribution in [0.5, 0.6) is 11.5 Å². The van der Waals surface area contributed by atoms with E-state index in [-0.39, 0.29) is 29.5 Å². The van der Waals surface area contributed by atoms with Gasteiger partial charge in [-0.15, -0.1) is 0 Å². The molecule has 1 aromatic heterocycles. The fraction of sp³-hybridized carbons (Fsp3) is 0.160. The second-order valence-corrected chi connectivity index (χ2v) is 8.25. The Kier molecular flexibility index (Phi) is 5.81. The van der Waals surface area contributed by atoms with Gasteiger partial charge in [0.2, 0.25) is 0 Å². The minimum absolute atomic E-state index is 0.0916. The van der Waals surface area contributed by atoms with Gasteiger partial charge in [-0.1, -0.05) is 48.0 Å². The number of carbonyl (C=O) groups excluding carboxylic acids is 1. The molecular weight excluding hydrogens is 458 g/mol. The number of amides is 1. The van der Waals surface area contributed by atoms with Crippen LogP contribution in [0.1, 0.15) is 27.4 Å². The molecule has 1 aliphatic rings. The van der Waals surface area contributed by atoms with Crippen molar-refractivity contribution in [3.63, 3.8) is 0 Å². The molecule has 3 aromatic carbocycles. The highest BCUT2D eigenvalue weighted by molar-refractivity contribution is 6.31. The van der Waals surface area contributed by atoms with Gasteiger partial charge in [-0.05, 0) is 23.3 Å². The fourth-order valence-corrected chi connectivity index (χ4v) is 4.50. The Morgan fingerprint density at radius 1 is 1.06 bits per heavy atom. The van der Waals surface area contributed by atoms with Gasteiger partial charge >= 0.3 is 0 Å². The van der Waals surface area contributed by atoms with Gasteiger partial charge in [0.25, 0.3) is 11.6 Å². The first-order valence-electron chi connectivity index (χ1n) is 10.7. The zero-order chi connectivity index (χ0) is 23.7. The summed E-state index contributed by atoms with van der Waals surface area (Å²) in [6.07, 6.45) is 1.90. The van der Waals surface area contributed by atoms with Crippen molar-refractivity contribution >= 4 is 34.1 Å². The lowest BCUT2D eigenvalue weighted by molar-refractivity contribution is -0.385. The Morgan fingerprint density at radius 3 is 2.53 bits per heavy atom. The van der Waals surface area contributed by atoms with Crippen LogP contribution in [-0.2, 0) is 0 Å². The Labute approximate surface area is 199 Å². The van der Waals surface area contributed by atoms with Gasteiger partial charge in [0.1, 0.15) is 18.8 Å². The molecule has 0 saturated carbocycles. The molecule has 0 aliphatic carbocycles. The summed E-state index contributed by atoms with van der Waals surface area (Å²) in [5.74, 6) is -0.311. The minimum atomic E-state index is -0.599. The molecule has 9 heteroatoms. The normalized spacial score (nSPS) is 13.4. The molecule has 8 nitrogen and oxygen atoms in total. The number of halogens is 1. The smallest absolute Gasteiger partial charge is 0.286 e. The lowest BCUT2D eigenvalue weighted by Gasteiger charge is -2.21. The fourth-order valence-electron chi connectivity index (χ4n) is 4.23. The number of fused-ring (bicyclic) bond motifs is 2. The molecule has 2 heterocycles. The monoisotopic (exact) mass is 477 g/mol. The van der Waals surface area contributed by atoms with Gasteiger partial charge < -0.3 is 19.8 Å². The standard InChI is InChI=1S/C25H20ClN3O5/c26-20-7-3-1-5-15(20)18(19-13-27-21-8-4-2-6-16(19)21)14-28-25(30)17-11-23-24(34-10-9-33-23)12-22(17)29(31)32/h1-8,11-13,18,27H,9-10,14H2,(H,28,30). The first-order valence-corrected chi connectivity index (χ1v) is 11.1. The van der Waals surface area contributed by atoms with Gasteiger partial charge in [0, 0.05) is 40.7 Å². The predicted molar refractivity (Wildman–Crippen MR) is 128 cm³/mol. The van der Waals surface area contributed by atoms with Gasteiger partial charge in [0.15, 0.2) is 11.5 Å². The van der Waals surface area contributed by atoms with Crippen LogP contribution in [0, 0.1) is 10.1 Å². The molecule has 4 aromatic rings. The number of benzene rings is 3. The van der Waals surface area contributed by atoms with Crippen molar-refractivity contribution in [2.24, 2.45) is 0 Å². The number of nitro benzene ring substituents is 1. The van der Waals surface area contributed by atoms with Gasteiger partial charge in [-0.3, -0.25) is 14.9 Å². The third kappa shape index (κ3) is 4.04. The summed E-state index contributed by atoms with van der Waals surface area (Å²) in [5, 5.41) is 16.1. The number of rotatable bonds is 6. The van der Waals surface area contributed by atoms with E-state index >= 15 is 0 Å². The molecule has 0 radical (unpaired) electrons. The van der Waals surface area contributed by atoms with Crippen LogP contribution < -0.4 is 14.8 Å². The Bertz CT molecular complexity index is 1400. The van der Waals surface area contributed by atoms with Crippen molar-refractivity contribution in [3.8, 4) is 11.5 Å². The number of H-pyrrole nitrogens is 1. The van der Waals surface area contributed by atoms with E-state index < -0.39 is 10.8 Å². The van der Waals surface area contributed by atoms with Gasteiger partial charge in [0.05, 0.1) is 11.0 Å². The molecular formula is C25H20ClN3O5. The molecule has 172 valence electrons. The van der Waals surface area contributed by atoms with Crippen LogP contribution in [0.15, 0.2) is 66.9 Å². The van der Waals surface area contributed by atoms with E-state index in [1.807, 2.05) is 48.7 Å². The Morgan fingerprint density at radius 2 is 1.76 bits per heavy atom. The minimum Gasteiger partial charge on any atom is -0.486 e. The largest absolute Gasteiger partial charge is 0.486 e. The van der Waals surface area contributed by atoms with Crippen molar-refractivity contribution in [3.05, 3.63) is 98.7 Å². The second kappa shape index (κ2) is 9.07. The molecule has 2 N–H and O–H groups in total. The molecule has 1 atom stereocenters. The molecule has 0 bridgehead atoms. The van der Waals surface area contributed by atoms with Crippen molar-refractivity contribution < 1.29 is 19.2 Å². The maximum absolute atomic E-state index is 13.2. The zero-order valence-corrected chi connectivity index (χ0v) is 18.7. The Balaban J connectivity index is 1.49. The van der Waals surface area contributed by atoms with Gasteiger partial charge in [-0.25, -0.2) is 0 Å². The van der Waals surface area contributed by atoms with Crippen molar-refractivity contribution in [2.45, 2.75) is 5.92 Å². The highest BCUT2D eigenvalue weighted by atomic mass is 35.5. The topological polar surface area (TPSA) is 106 Å². The molecule has 5 rings (SSSR count). The average molecular weight is 478 g/mol. The van der Waals surface area contributed by atoms with E-state index in [0.717, 1.165) is 22.0 Å². The summed E-state index contributed by atoms with van der Waals surface area (Å²) in [4.78, 5) is 27.5. The van der Waals surface area contributed by atoms with E-state index in [9.17, 15) is 14.9 Å². The summed E-state index contributed by atoms with van der Waals surface area (Å²) in [7, 11) is 0. The van der Waals surface area contributed by atoms with Crippen LogP contribution in [0.25, 0.3) is 10.9 Å². The highest BCUT2D eigenvalue weighted by Gasteiger charge is 2.28. The number of aromatic amines is 1. The number of nitro groups is 1. The maximum Gasteiger partial charge on any atom is 0.286 e. The quantitative estimate of drug-likeness (QED) is 0.298. The summed E-state index contributed by atoms with van der Waals surface area (Å²) in [6, 6.07) is 17.9. The maximum atomic E-state index is 13.2. The van der Waals surface area contributed by atoms with Crippen molar-refractivity contribution in [1.29, 1.82) is 0 Å². The third-order valence-electron chi connectivity index (χ3n) is 5.85. The zero-order valence-electron chi connectivity index (χ0n) is 17.9. The molecule has 1 aliphatic heterocycles. The number of hydrogen-bond donors (Lipinski definition) is 2. The number of aromatic nitrogens is 1. The molecule has 0 fully saturated rings. The summed E-state index contributed by atoms with van der Waals surface area (Å²) < 4.78 is 10.9.